The Balaban J connectivity index is 1.74. The Labute approximate surface area is 161 Å². The number of furan rings is 1. The Bertz CT molecular complexity index is 1120. The van der Waals surface area contributed by atoms with E-state index in [2.05, 4.69) is 5.32 Å². The Kier molecular flexibility index (Phi) is 3.75. The first kappa shape index (κ1) is 17.0. The lowest BCUT2D eigenvalue weighted by molar-refractivity contribution is -0.116. The molecule has 0 saturated heterocycles. The molecule has 1 aliphatic carbocycles. The van der Waals surface area contributed by atoms with Crippen LogP contribution < -0.4 is 5.32 Å². The average Bonchev–Trinajstić information content (AvgIpc) is 3.25. The second-order valence-electron chi connectivity index (χ2n) is 7.41. The third-order valence-corrected chi connectivity index (χ3v) is 5.53. The first-order valence-electron chi connectivity index (χ1n) is 9.48. The van der Waals surface area contributed by atoms with Gasteiger partial charge in [0.1, 0.15) is 23.2 Å². The zero-order valence-electron chi connectivity index (χ0n) is 15.8. The van der Waals surface area contributed by atoms with E-state index in [-0.39, 0.29) is 17.5 Å². The van der Waals surface area contributed by atoms with Gasteiger partial charge >= 0.3 is 0 Å². The molecule has 0 radical (unpaired) electrons. The lowest BCUT2D eigenvalue weighted by atomic mass is 9.78. The predicted molar refractivity (Wildman–Crippen MR) is 103 cm³/mol. The van der Waals surface area contributed by atoms with Crippen LogP contribution >= 0.6 is 0 Å². The zero-order valence-corrected chi connectivity index (χ0v) is 15.8. The highest BCUT2D eigenvalue weighted by molar-refractivity contribution is 6.01. The predicted octanol–water partition coefficient (Wildman–Crippen LogP) is 4.79. The van der Waals surface area contributed by atoms with Crippen LogP contribution in [0.15, 0.2) is 52.1 Å². The molecule has 2 aliphatic rings. The van der Waals surface area contributed by atoms with Crippen molar-refractivity contribution < 1.29 is 13.6 Å². The number of fused-ring (bicyclic) bond motifs is 1. The largest absolute Gasteiger partial charge is 0.465 e. The number of nitrogens with zero attached hydrogens (tertiary/aromatic N) is 2. The quantitative estimate of drug-likeness (QED) is 0.698. The second-order valence-corrected chi connectivity index (χ2v) is 7.41. The molecule has 5 rings (SSSR count). The minimum absolute atomic E-state index is 0.160. The lowest BCUT2D eigenvalue weighted by Crippen LogP contribution is -2.27. The van der Waals surface area contributed by atoms with Gasteiger partial charge in [-0.2, -0.15) is 5.10 Å². The number of halogens is 1. The van der Waals surface area contributed by atoms with E-state index in [1.165, 1.54) is 12.1 Å². The van der Waals surface area contributed by atoms with Crippen LogP contribution in [0.4, 0.5) is 10.2 Å². The molecule has 0 amide bonds. The molecule has 1 unspecified atom stereocenters. The number of ketones is 1. The molecule has 3 heterocycles. The Morgan fingerprint density at radius 3 is 2.64 bits per heavy atom. The number of allylic oxidation sites excluding steroid dienone is 2. The van der Waals surface area contributed by atoms with Crippen molar-refractivity contribution >= 4 is 11.6 Å². The molecule has 1 atom stereocenters. The first-order chi connectivity index (χ1) is 13.5. The molecule has 28 heavy (non-hydrogen) atoms. The highest BCUT2D eigenvalue weighted by atomic mass is 19.1. The van der Waals surface area contributed by atoms with Crippen molar-refractivity contribution in [1.29, 1.82) is 0 Å². The number of Topliss-reactive ketones (excluding diaryl/α,β-unsaturated/α-hetero) is 1. The van der Waals surface area contributed by atoms with E-state index in [0.29, 0.717) is 6.42 Å². The van der Waals surface area contributed by atoms with E-state index in [1.54, 1.807) is 16.8 Å². The number of aryl methyl sites for hydroxylation is 2. The third kappa shape index (κ3) is 2.52. The van der Waals surface area contributed by atoms with Crippen molar-refractivity contribution in [3.05, 3.63) is 76.3 Å². The molecule has 1 aromatic carbocycles. The molecule has 0 saturated carbocycles. The molecule has 1 N–H and O–H groups in total. The van der Waals surface area contributed by atoms with Gasteiger partial charge in [0.15, 0.2) is 5.78 Å². The zero-order chi connectivity index (χ0) is 19.4. The summed E-state index contributed by atoms with van der Waals surface area (Å²) in [6.07, 6.45) is 2.19. The number of carbonyl (C=O) groups excluding carboxylic acids is 1. The van der Waals surface area contributed by atoms with Crippen LogP contribution in [0.3, 0.4) is 0 Å². The molecule has 1 aliphatic heterocycles. The summed E-state index contributed by atoms with van der Waals surface area (Å²) < 4.78 is 21.1. The van der Waals surface area contributed by atoms with Crippen molar-refractivity contribution in [3.63, 3.8) is 0 Å². The molecular weight excluding hydrogens is 357 g/mol. The van der Waals surface area contributed by atoms with Gasteiger partial charge in [-0.15, -0.1) is 0 Å². The van der Waals surface area contributed by atoms with Gasteiger partial charge in [-0.1, -0.05) is 0 Å². The first-order valence-corrected chi connectivity index (χ1v) is 9.48. The second kappa shape index (κ2) is 6.19. The molecule has 6 heteroatoms. The van der Waals surface area contributed by atoms with Gasteiger partial charge in [0, 0.05) is 23.3 Å². The van der Waals surface area contributed by atoms with E-state index >= 15 is 0 Å². The van der Waals surface area contributed by atoms with Crippen LogP contribution in [0.5, 0.6) is 0 Å². The van der Waals surface area contributed by atoms with Gasteiger partial charge in [-0.05, 0) is 63.1 Å². The number of rotatable bonds is 2. The molecule has 0 spiro atoms. The molecule has 0 fully saturated rings. The van der Waals surface area contributed by atoms with E-state index in [1.807, 2.05) is 26.0 Å². The summed E-state index contributed by atoms with van der Waals surface area (Å²) in [5, 5.41) is 8.17. The number of nitrogens with one attached hydrogen (secondary N) is 1. The summed E-state index contributed by atoms with van der Waals surface area (Å²) in [5.74, 6) is 1.97. The summed E-state index contributed by atoms with van der Waals surface area (Å²) in [4.78, 5) is 12.8. The highest BCUT2D eigenvalue weighted by Crippen LogP contribution is 2.47. The fraction of sp³-hybridized carbons (Fsp3) is 0.273. The van der Waals surface area contributed by atoms with E-state index in [9.17, 15) is 9.18 Å². The molecule has 5 nitrogen and oxygen atoms in total. The van der Waals surface area contributed by atoms with Crippen LogP contribution in [-0.4, -0.2) is 15.6 Å². The van der Waals surface area contributed by atoms with Gasteiger partial charge in [0.2, 0.25) is 0 Å². The average molecular weight is 377 g/mol. The number of aromatic nitrogens is 2. The van der Waals surface area contributed by atoms with Crippen LogP contribution in [0, 0.1) is 19.7 Å². The third-order valence-electron chi connectivity index (χ3n) is 5.53. The summed E-state index contributed by atoms with van der Waals surface area (Å²) in [5.41, 5.74) is 4.24. The van der Waals surface area contributed by atoms with Crippen LogP contribution in [-0.2, 0) is 4.79 Å². The Hall–Kier alpha value is -3.15. The Morgan fingerprint density at radius 1 is 1.14 bits per heavy atom. The summed E-state index contributed by atoms with van der Waals surface area (Å²) >= 11 is 0. The van der Waals surface area contributed by atoms with Gasteiger partial charge < -0.3 is 9.73 Å². The fourth-order valence-corrected chi connectivity index (χ4v) is 4.28. The Morgan fingerprint density at radius 2 is 1.93 bits per heavy atom. The monoisotopic (exact) mass is 377 g/mol. The number of hydrogen-bond acceptors (Lipinski definition) is 4. The normalized spacial score (nSPS) is 18.7. The SMILES string of the molecule is Cc1ccc(C2C3=C(CCCC3=O)Nc3c2c(C)nn3-c2ccc(F)cc2)o1. The van der Waals surface area contributed by atoms with Crippen molar-refractivity contribution in [1.82, 2.24) is 9.78 Å². The van der Waals surface area contributed by atoms with Crippen LogP contribution in [0.2, 0.25) is 0 Å². The standard InChI is InChI=1S/C22H20FN3O2/c1-12-6-11-18(28-12)21-19-13(2)25-26(15-9-7-14(23)8-10-15)22(19)24-16-4-3-5-17(27)20(16)21/h6-11,21,24H,3-5H2,1-2H3. The van der Waals surface area contributed by atoms with Crippen molar-refractivity contribution in [3.8, 4) is 5.69 Å². The minimum Gasteiger partial charge on any atom is -0.465 e. The smallest absolute Gasteiger partial charge is 0.161 e. The van der Waals surface area contributed by atoms with Crippen LogP contribution in [0.25, 0.3) is 5.69 Å². The maximum atomic E-state index is 13.4. The van der Waals surface area contributed by atoms with E-state index in [4.69, 9.17) is 9.52 Å². The topological polar surface area (TPSA) is 60.1 Å². The minimum atomic E-state index is -0.290. The molecule has 3 aromatic rings. The van der Waals surface area contributed by atoms with Crippen molar-refractivity contribution in [2.75, 3.05) is 5.32 Å². The number of hydrogen-bond donors (Lipinski definition) is 1. The van der Waals surface area contributed by atoms with Gasteiger partial charge in [0.05, 0.1) is 17.3 Å². The van der Waals surface area contributed by atoms with Gasteiger partial charge in [-0.3, -0.25) is 4.79 Å². The van der Waals surface area contributed by atoms with E-state index in [0.717, 1.165) is 58.4 Å². The highest BCUT2D eigenvalue weighted by Gasteiger charge is 2.40. The maximum Gasteiger partial charge on any atom is 0.161 e. The maximum absolute atomic E-state index is 13.4. The summed E-state index contributed by atoms with van der Waals surface area (Å²) in [6.45, 7) is 3.83. The molecule has 2 aromatic heterocycles. The van der Waals surface area contributed by atoms with Crippen molar-refractivity contribution in [2.24, 2.45) is 0 Å². The van der Waals surface area contributed by atoms with Gasteiger partial charge in [0.25, 0.3) is 0 Å². The molecule has 142 valence electrons. The van der Waals surface area contributed by atoms with Crippen LogP contribution in [0.1, 0.15) is 48.0 Å². The van der Waals surface area contributed by atoms with Gasteiger partial charge in [-0.25, -0.2) is 9.07 Å². The van der Waals surface area contributed by atoms with E-state index < -0.39 is 0 Å². The number of benzene rings is 1. The fourth-order valence-electron chi connectivity index (χ4n) is 4.28. The summed E-state index contributed by atoms with van der Waals surface area (Å²) in [7, 11) is 0. The lowest BCUT2D eigenvalue weighted by Gasteiger charge is -2.31. The molecular formula is C22H20FN3O2. The summed E-state index contributed by atoms with van der Waals surface area (Å²) in [6, 6.07) is 10.1. The van der Waals surface area contributed by atoms with Crippen molar-refractivity contribution in [2.45, 2.75) is 39.0 Å². The molecule has 0 bridgehead atoms. The number of carbonyl (C=O) groups is 1. The number of anilines is 1.